The minimum Gasteiger partial charge on any atom is -0.364 e. The molecular weight excluding hydrogens is 270 g/mol. The van der Waals surface area contributed by atoms with Crippen LogP contribution in [0.4, 0.5) is 11.5 Å². The maximum absolute atomic E-state index is 11.1. The summed E-state index contributed by atoms with van der Waals surface area (Å²) in [6, 6.07) is 9.67. The van der Waals surface area contributed by atoms with Crippen molar-refractivity contribution in [2.45, 2.75) is 19.4 Å². The third-order valence-corrected chi connectivity index (χ3v) is 3.35. The van der Waals surface area contributed by atoms with Gasteiger partial charge in [0.15, 0.2) is 0 Å². The molecule has 1 aromatic heterocycles. The topological polar surface area (TPSA) is 99.0 Å². The van der Waals surface area contributed by atoms with Crippen molar-refractivity contribution in [3.63, 3.8) is 0 Å². The highest BCUT2D eigenvalue weighted by Gasteiger charge is 2.23. The fourth-order valence-electron chi connectivity index (χ4n) is 2.28. The van der Waals surface area contributed by atoms with E-state index in [2.05, 4.69) is 10.4 Å². The Morgan fingerprint density at radius 2 is 2.10 bits per heavy atom. The first-order chi connectivity index (χ1) is 10.0. The summed E-state index contributed by atoms with van der Waals surface area (Å²) in [7, 11) is 1.68. The maximum Gasteiger partial charge on any atom is 0.333 e. The largest absolute Gasteiger partial charge is 0.364 e. The SMILES string of the molecule is Cc1nn(C)c(NCCC(N)c2ccccc2)c1[N+](=O)[O-]. The minimum absolute atomic E-state index is 0.0192. The molecular formula is C14H19N5O2. The number of aromatic nitrogens is 2. The smallest absolute Gasteiger partial charge is 0.333 e. The first-order valence-corrected chi connectivity index (χ1v) is 6.73. The Morgan fingerprint density at radius 1 is 1.43 bits per heavy atom. The van der Waals surface area contributed by atoms with Crippen molar-refractivity contribution in [2.75, 3.05) is 11.9 Å². The van der Waals surface area contributed by atoms with Crippen LogP contribution in [0, 0.1) is 17.0 Å². The predicted octanol–water partition coefficient (Wildman–Crippen LogP) is 2.14. The molecule has 0 spiro atoms. The molecule has 0 radical (unpaired) electrons. The summed E-state index contributed by atoms with van der Waals surface area (Å²) in [4.78, 5) is 10.6. The van der Waals surface area contributed by atoms with Crippen LogP contribution in [0.3, 0.4) is 0 Å². The van der Waals surface area contributed by atoms with Crippen molar-refractivity contribution in [3.8, 4) is 0 Å². The van der Waals surface area contributed by atoms with Gasteiger partial charge in [0.2, 0.25) is 5.82 Å². The van der Waals surface area contributed by atoms with Gasteiger partial charge in [-0.2, -0.15) is 5.10 Å². The molecule has 2 rings (SSSR count). The zero-order chi connectivity index (χ0) is 15.4. The maximum atomic E-state index is 11.1. The van der Waals surface area contributed by atoms with Gasteiger partial charge in [-0.05, 0) is 18.9 Å². The average Bonchev–Trinajstić information content (AvgIpc) is 2.74. The zero-order valence-electron chi connectivity index (χ0n) is 12.1. The minimum atomic E-state index is -0.415. The van der Waals surface area contributed by atoms with Crippen LogP contribution in [0.25, 0.3) is 0 Å². The molecule has 1 aromatic carbocycles. The Kier molecular flexibility index (Phi) is 4.54. The van der Waals surface area contributed by atoms with Crippen molar-refractivity contribution in [2.24, 2.45) is 12.8 Å². The number of nitrogens with zero attached hydrogens (tertiary/aromatic N) is 3. The van der Waals surface area contributed by atoms with Gasteiger partial charge in [-0.25, -0.2) is 4.68 Å². The Hall–Kier alpha value is -2.41. The van der Waals surface area contributed by atoms with Gasteiger partial charge in [0.05, 0.1) is 4.92 Å². The molecule has 0 amide bonds. The van der Waals surface area contributed by atoms with Crippen LogP contribution in [0.2, 0.25) is 0 Å². The second-order valence-electron chi connectivity index (χ2n) is 4.90. The number of nitrogens with two attached hydrogens (primary N) is 1. The molecule has 7 nitrogen and oxygen atoms in total. The zero-order valence-corrected chi connectivity index (χ0v) is 12.1. The highest BCUT2D eigenvalue weighted by molar-refractivity contribution is 5.59. The fourth-order valence-corrected chi connectivity index (χ4v) is 2.28. The molecule has 2 aromatic rings. The van der Waals surface area contributed by atoms with Gasteiger partial charge in [-0.15, -0.1) is 0 Å². The lowest BCUT2D eigenvalue weighted by atomic mass is 10.1. The summed E-state index contributed by atoms with van der Waals surface area (Å²) in [5, 5.41) is 18.2. The Labute approximate surface area is 122 Å². The Bertz CT molecular complexity index is 624. The number of nitrogens with one attached hydrogen (secondary N) is 1. The molecule has 0 bridgehead atoms. The number of aryl methyl sites for hydroxylation is 2. The van der Waals surface area contributed by atoms with Crippen LogP contribution in [0.1, 0.15) is 23.7 Å². The van der Waals surface area contributed by atoms with Crippen molar-refractivity contribution < 1.29 is 4.92 Å². The molecule has 1 heterocycles. The van der Waals surface area contributed by atoms with E-state index in [0.717, 1.165) is 5.56 Å². The van der Waals surface area contributed by atoms with Gasteiger partial charge in [0, 0.05) is 19.6 Å². The van der Waals surface area contributed by atoms with Crippen molar-refractivity contribution in [1.29, 1.82) is 0 Å². The lowest BCUT2D eigenvalue weighted by Crippen LogP contribution is -2.16. The summed E-state index contributed by atoms with van der Waals surface area (Å²) < 4.78 is 1.49. The number of rotatable bonds is 6. The van der Waals surface area contributed by atoms with E-state index in [0.29, 0.717) is 24.5 Å². The molecule has 7 heteroatoms. The third kappa shape index (κ3) is 3.38. The molecule has 1 atom stereocenters. The van der Waals surface area contributed by atoms with Crippen LogP contribution in [0.5, 0.6) is 0 Å². The average molecular weight is 289 g/mol. The third-order valence-electron chi connectivity index (χ3n) is 3.35. The van der Waals surface area contributed by atoms with Gasteiger partial charge in [0.25, 0.3) is 0 Å². The van der Waals surface area contributed by atoms with E-state index in [1.807, 2.05) is 30.3 Å². The summed E-state index contributed by atoms with van der Waals surface area (Å²) >= 11 is 0. The molecule has 0 saturated carbocycles. The molecule has 1 unspecified atom stereocenters. The number of benzene rings is 1. The Balaban J connectivity index is 2.00. The van der Waals surface area contributed by atoms with Crippen LogP contribution < -0.4 is 11.1 Å². The quantitative estimate of drug-likeness (QED) is 0.627. The van der Waals surface area contributed by atoms with Gasteiger partial charge in [-0.3, -0.25) is 10.1 Å². The van der Waals surface area contributed by atoms with Gasteiger partial charge < -0.3 is 11.1 Å². The summed E-state index contributed by atoms with van der Waals surface area (Å²) in [6.45, 7) is 2.16. The predicted molar refractivity (Wildman–Crippen MR) is 81.1 cm³/mol. The monoisotopic (exact) mass is 289 g/mol. The van der Waals surface area contributed by atoms with E-state index in [9.17, 15) is 10.1 Å². The second kappa shape index (κ2) is 6.36. The van der Waals surface area contributed by atoms with Crippen LogP contribution in [-0.4, -0.2) is 21.2 Å². The van der Waals surface area contributed by atoms with E-state index in [-0.39, 0.29) is 11.7 Å². The lowest BCUT2D eigenvalue weighted by molar-refractivity contribution is -0.384. The van der Waals surface area contributed by atoms with Crippen molar-refractivity contribution in [1.82, 2.24) is 9.78 Å². The standard InChI is InChI=1S/C14H19N5O2/c1-10-13(19(20)21)14(18(2)17-10)16-9-8-12(15)11-6-4-3-5-7-11/h3-7,12,16H,8-9,15H2,1-2H3. The molecule has 0 saturated heterocycles. The van der Waals surface area contributed by atoms with Crippen LogP contribution in [0.15, 0.2) is 30.3 Å². The molecule has 0 aliphatic rings. The van der Waals surface area contributed by atoms with Crippen molar-refractivity contribution >= 4 is 11.5 Å². The molecule has 0 aliphatic heterocycles. The van der Waals surface area contributed by atoms with E-state index >= 15 is 0 Å². The van der Waals surface area contributed by atoms with E-state index < -0.39 is 4.92 Å². The summed E-state index contributed by atoms with van der Waals surface area (Å²) in [5.41, 5.74) is 7.57. The number of anilines is 1. The Morgan fingerprint density at radius 3 is 2.71 bits per heavy atom. The molecule has 112 valence electrons. The normalized spacial score (nSPS) is 12.1. The highest BCUT2D eigenvalue weighted by Crippen LogP contribution is 2.27. The molecule has 3 N–H and O–H groups in total. The molecule has 0 aliphatic carbocycles. The fraction of sp³-hybridized carbons (Fsp3) is 0.357. The first kappa shape index (κ1) is 15.0. The first-order valence-electron chi connectivity index (χ1n) is 6.73. The van der Waals surface area contributed by atoms with E-state index in [4.69, 9.17) is 5.73 Å². The molecule has 21 heavy (non-hydrogen) atoms. The van der Waals surface area contributed by atoms with Gasteiger partial charge in [-0.1, -0.05) is 30.3 Å². The summed E-state index contributed by atoms with van der Waals surface area (Å²) in [5.74, 6) is 0.415. The highest BCUT2D eigenvalue weighted by atomic mass is 16.6. The van der Waals surface area contributed by atoms with E-state index in [1.165, 1.54) is 4.68 Å². The summed E-state index contributed by atoms with van der Waals surface area (Å²) in [6.07, 6.45) is 0.672. The van der Waals surface area contributed by atoms with Crippen molar-refractivity contribution in [3.05, 3.63) is 51.7 Å². The van der Waals surface area contributed by atoms with Gasteiger partial charge >= 0.3 is 5.69 Å². The van der Waals surface area contributed by atoms with Crippen LogP contribution >= 0.6 is 0 Å². The second-order valence-corrected chi connectivity index (χ2v) is 4.90. The van der Waals surface area contributed by atoms with Crippen LogP contribution in [-0.2, 0) is 7.05 Å². The lowest BCUT2D eigenvalue weighted by Gasteiger charge is -2.12. The number of hydrogen-bond donors (Lipinski definition) is 2. The molecule has 0 fully saturated rings. The van der Waals surface area contributed by atoms with E-state index in [1.54, 1.807) is 14.0 Å². The number of hydrogen-bond acceptors (Lipinski definition) is 5. The van der Waals surface area contributed by atoms with Gasteiger partial charge in [0.1, 0.15) is 5.69 Å². The number of nitro groups is 1.